The fourth-order valence-corrected chi connectivity index (χ4v) is 4.46. The summed E-state index contributed by atoms with van der Waals surface area (Å²) in [6.45, 7) is 3.02. The van der Waals surface area contributed by atoms with Crippen molar-refractivity contribution in [1.82, 2.24) is 21.5 Å². The monoisotopic (exact) mass is 308 g/mol. The van der Waals surface area contributed by atoms with E-state index in [9.17, 15) is 4.79 Å². The van der Waals surface area contributed by atoms with Gasteiger partial charge in [-0.15, -0.1) is 0 Å². The normalized spacial score (nSPS) is 33.3. The predicted octanol–water partition coefficient (Wildman–Crippen LogP) is 1.31. The summed E-state index contributed by atoms with van der Waals surface area (Å²) in [5.74, 6) is 0.961. The predicted molar refractivity (Wildman–Crippen MR) is 88.3 cm³/mol. The zero-order chi connectivity index (χ0) is 15.2. The molecule has 2 aliphatic carbocycles. The number of fused-ring (bicyclic) bond motifs is 1. The van der Waals surface area contributed by atoms with Crippen molar-refractivity contribution in [2.75, 3.05) is 19.6 Å². The Hall–Kier alpha value is -0.650. The standard InChI is InChI=1S/C17H32N4O/c22-17-15-9-5-4-8-14(15)16(20-21-17)12-18-10-11-19-13-6-2-1-3-7-13/h13-16,18-20H,1-12H2,(H,21,22). The van der Waals surface area contributed by atoms with Crippen molar-refractivity contribution in [1.29, 1.82) is 0 Å². The maximum atomic E-state index is 11.9. The number of amides is 1. The van der Waals surface area contributed by atoms with E-state index in [1.165, 1.54) is 51.4 Å². The highest BCUT2D eigenvalue weighted by molar-refractivity contribution is 5.79. The number of carbonyl (C=O) groups is 1. The molecule has 1 aliphatic heterocycles. The third-order valence-electron chi connectivity index (χ3n) is 5.76. The molecule has 2 saturated carbocycles. The first-order valence-electron chi connectivity index (χ1n) is 9.34. The zero-order valence-electron chi connectivity index (χ0n) is 13.7. The molecule has 3 fully saturated rings. The molecule has 1 amide bonds. The van der Waals surface area contributed by atoms with E-state index in [2.05, 4.69) is 21.5 Å². The highest BCUT2D eigenvalue weighted by atomic mass is 16.2. The highest BCUT2D eigenvalue weighted by Crippen LogP contribution is 2.33. The molecule has 0 bridgehead atoms. The van der Waals surface area contributed by atoms with Crippen molar-refractivity contribution < 1.29 is 4.79 Å². The summed E-state index contributed by atoms with van der Waals surface area (Å²) in [7, 11) is 0. The van der Waals surface area contributed by atoms with Gasteiger partial charge in [-0.2, -0.15) is 0 Å². The highest BCUT2D eigenvalue weighted by Gasteiger charge is 2.39. The average Bonchev–Trinajstić information content (AvgIpc) is 2.58. The zero-order valence-corrected chi connectivity index (χ0v) is 13.7. The second-order valence-electron chi connectivity index (χ2n) is 7.29. The Morgan fingerprint density at radius 3 is 2.59 bits per heavy atom. The summed E-state index contributed by atoms with van der Waals surface area (Å²) in [4.78, 5) is 11.9. The van der Waals surface area contributed by atoms with Crippen LogP contribution >= 0.6 is 0 Å². The Bertz CT molecular complexity index is 357. The summed E-state index contributed by atoms with van der Waals surface area (Å²) in [5.41, 5.74) is 6.11. The van der Waals surface area contributed by atoms with Crippen LogP contribution in [0.4, 0.5) is 0 Å². The number of hydrogen-bond donors (Lipinski definition) is 4. The minimum atomic E-state index is 0.208. The van der Waals surface area contributed by atoms with Gasteiger partial charge < -0.3 is 10.6 Å². The van der Waals surface area contributed by atoms with Gasteiger partial charge in [0.25, 0.3) is 0 Å². The first kappa shape index (κ1) is 16.2. The Morgan fingerprint density at radius 2 is 1.73 bits per heavy atom. The van der Waals surface area contributed by atoms with E-state index in [0.29, 0.717) is 12.0 Å². The maximum absolute atomic E-state index is 11.9. The minimum Gasteiger partial charge on any atom is -0.314 e. The van der Waals surface area contributed by atoms with Crippen molar-refractivity contribution in [3.05, 3.63) is 0 Å². The first-order valence-corrected chi connectivity index (χ1v) is 9.34. The van der Waals surface area contributed by atoms with Crippen LogP contribution in [-0.2, 0) is 4.79 Å². The van der Waals surface area contributed by atoms with Crippen LogP contribution in [0.3, 0.4) is 0 Å². The lowest BCUT2D eigenvalue weighted by Gasteiger charge is -2.41. The second-order valence-corrected chi connectivity index (χ2v) is 7.29. The Balaban J connectivity index is 1.33. The van der Waals surface area contributed by atoms with Crippen LogP contribution in [0.25, 0.3) is 0 Å². The fraction of sp³-hybridized carbons (Fsp3) is 0.941. The molecule has 3 unspecified atom stereocenters. The van der Waals surface area contributed by atoms with Crippen molar-refractivity contribution in [2.45, 2.75) is 69.9 Å². The second kappa shape index (κ2) is 8.27. The van der Waals surface area contributed by atoms with E-state index in [4.69, 9.17) is 0 Å². The van der Waals surface area contributed by atoms with Gasteiger partial charge in [0, 0.05) is 37.6 Å². The van der Waals surface area contributed by atoms with Crippen molar-refractivity contribution in [3.8, 4) is 0 Å². The van der Waals surface area contributed by atoms with Gasteiger partial charge >= 0.3 is 0 Å². The van der Waals surface area contributed by atoms with Crippen LogP contribution in [0, 0.1) is 11.8 Å². The lowest BCUT2D eigenvalue weighted by atomic mass is 9.74. The van der Waals surface area contributed by atoms with E-state index in [0.717, 1.165) is 32.1 Å². The van der Waals surface area contributed by atoms with Gasteiger partial charge in [0.15, 0.2) is 0 Å². The van der Waals surface area contributed by atoms with E-state index in [-0.39, 0.29) is 11.8 Å². The third kappa shape index (κ3) is 4.21. The molecule has 126 valence electrons. The van der Waals surface area contributed by atoms with Gasteiger partial charge in [0.1, 0.15) is 0 Å². The smallest absolute Gasteiger partial charge is 0.237 e. The van der Waals surface area contributed by atoms with Gasteiger partial charge in [0.2, 0.25) is 5.91 Å². The molecule has 22 heavy (non-hydrogen) atoms. The summed E-state index contributed by atoms with van der Waals surface area (Å²) in [6.07, 6.45) is 11.6. The first-order chi connectivity index (χ1) is 10.8. The molecule has 3 aliphatic rings. The Kier molecular flexibility index (Phi) is 6.10. The van der Waals surface area contributed by atoms with E-state index in [1.54, 1.807) is 0 Å². The van der Waals surface area contributed by atoms with Gasteiger partial charge in [-0.25, -0.2) is 5.43 Å². The van der Waals surface area contributed by atoms with Gasteiger partial charge in [-0.05, 0) is 31.6 Å². The molecule has 1 heterocycles. The summed E-state index contributed by atoms with van der Waals surface area (Å²) < 4.78 is 0. The van der Waals surface area contributed by atoms with Crippen LogP contribution in [0.5, 0.6) is 0 Å². The summed E-state index contributed by atoms with van der Waals surface area (Å²) >= 11 is 0. The molecular weight excluding hydrogens is 276 g/mol. The molecule has 1 saturated heterocycles. The Morgan fingerprint density at radius 1 is 0.955 bits per heavy atom. The molecule has 0 spiro atoms. The lowest BCUT2D eigenvalue weighted by molar-refractivity contribution is -0.133. The van der Waals surface area contributed by atoms with E-state index in [1.807, 2.05) is 0 Å². The molecule has 0 aromatic rings. The van der Waals surface area contributed by atoms with Crippen LogP contribution in [-0.4, -0.2) is 37.6 Å². The van der Waals surface area contributed by atoms with Crippen LogP contribution in [0.15, 0.2) is 0 Å². The van der Waals surface area contributed by atoms with Crippen molar-refractivity contribution in [3.63, 3.8) is 0 Å². The number of nitrogens with one attached hydrogen (secondary N) is 4. The molecule has 3 atom stereocenters. The summed E-state index contributed by atoms with van der Waals surface area (Å²) in [5, 5.41) is 7.24. The molecule has 0 aromatic carbocycles. The molecule has 3 rings (SSSR count). The van der Waals surface area contributed by atoms with Crippen LogP contribution in [0.1, 0.15) is 57.8 Å². The summed E-state index contributed by atoms with van der Waals surface area (Å²) in [6, 6.07) is 1.13. The molecule has 0 aromatic heterocycles. The van der Waals surface area contributed by atoms with Crippen LogP contribution in [0.2, 0.25) is 0 Å². The maximum Gasteiger partial charge on any atom is 0.237 e. The molecular formula is C17H32N4O. The molecule has 0 radical (unpaired) electrons. The SMILES string of the molecule is O=C1NNC(CNCCNC2CCCCC2)C2CCCCC12. The molecule has 4 N–H and O–H groups in total. The lowest BCUT2D eigenvalue weighted by Crippen LogP contribution is -2.62. The number of hydrazine groups is 1. The molecule has 5 nitrogen and oxygen atoms in total. The van der Waals surface area contributed by atoms with Gasteiger partial charge in [-0.3, -0.25) is 10.2 Å². The third-order valence-corrected chi connectivity index (χ3v) is 5.76. The number of hydrogen-bond acceptors (Lipinski definition) is 4. The largest absolute Gasteiger partial charge is 0.314 e. The quantitative estimate of drug-likeness (QED) is 0.559. The van der Waals surface area contributed by atoms with Crippen molar-refractivity contribution >= 4 is 5.91 Å². The van der Waals surface area contributed by atoms with Gasteiger partial charge in [-0.1, -0.05) is 32.1 Å². The van der Waals surface area contributed by atoms with Crippen LogP contribution < -0.4 is 21.5 Å². The van der Waals surface area contributed by atoms with E-state index < -0.39 is 0 Å². The number of rotatable bonds is 6. The average molecular weight is 308 g/mol. The minimum absolute atomic E-state index is 0.208. The van der Waals surface area contributed by atoms with Crippen molar-refractivity contribution in [2.24, 2.45) is 11.8 Å². The Labute approximate surface area is 134 Å². The topological polar surface area (TPSA) is 65.2 Å². The van der Waals surface area contributed by atoms with Gasteiger partial charge in [0.05, 0.1) is 0 Å². The number of carbonyl (C=O) groups excluding carboxylic acids is 1. The molecule has 5 heteroatoms. The van der Waals surface area contributed by atoms with E-state index >= 15 is 0 Å². The fourth-order valence-electron chi connectivity index (χ4n) is 4.46.